The Morgan fingerprint density at radius 3 is 2.70 bits per heavy atom. The number of aryl methyl sites for hydroxylation is 1. The summed E-state index contributed by atoms with van der Waals surface area (Å²) >= 11 is 0. The maximum atomic E-state index is 12.2. The predicted octanol–water partition coefficient (Wildman–Crippen LogP) is -0.548. The topological polar surface area (TPSA) is 78.7 Å². The van der Waals surface area contributed by atoms with Gasteiger partial charge in [-0.3, -0.25) is 14.3 Å². The first-order chi connectivity index (χ1) is 9.54. The summed E-state index contributed by atoms with van der Waals surface area (Å²) < 4.78 is 1.81. The highest BCUT2D eigenvalue weighted by molar-refractivity contribution is 5.93. The summed E-state index contributed by atoms with van der Waals surface area (Å²) in [6.45, 7) is 4.24. The molecule has 1 N–H and O–H groups in total. The van der Waals surface area contributed by atoms with Gasteiger partial charge in [0, 0.05) is 33.1 Å². The maximum absolute atomic E-state index is 12.2. The van der Waals surface area contributed by atoms with Crippen molar-refractivity contribution in [1.29, 1.82) is 0 Å². The highest BCUT2D eigenvalue weighted by Crippen LogP contribution is 2.17. The molecule has 2 aliphatic heterocycles. The number of carbonyl (C=O) groups is 2. The fourth-order valence-corrected chi connectivity index (χ4v) is 2.62. The lowest BCUT2D eigenvalue weighted by Gasteiger charge is -2.35. The Morgan fingerprint density at radius 1 is 1.30 bits per heavy atom. The van der Waals surface area contributed by atoms with Crippen LogP contribution in [-0.2, 0) is 17.9 Å². The molecule has 1 saturated heterocycles. The minimum Gasteiger partial charge on any atom is -0.389 e. The van der Waals surface area contributed by atoms with Gasteiger partial charge >= 0.3 is 0 Å². The highest BCUT2D eigenvalue weighted by Gasteiger charge is 2.31. The number of β-amino-alcohol motifs (C(OH)–C–C–N with tert-alkyl or cyclic N) is 1. The quantitative estimate of drug-likeness (QED) is 0.748. The molecule has 0 aliphatic carbocycles. The van der Waals surface area contributed by atoms with E-state index in [-0.39, 0.29) is 11.8 Å². The van der Waals surface area contributed by atoms with E-state index < -0.39 is 6.10 Å². The second kappa shape index (κ2) is 4.90. The molecule has 0 aromatic carbocycles. The van der Waals surface area contributed by atoms with Gasteiger partial charge in [0.15, 0.2) is 5.69 Å². The number of rotatable bonds is 1. The van der Waals surface area contributed by atoms with Gasteiger partial charge in [0.25, 0.3) is 5.91 Å². The van der Waals surface area contributed by atoms with Crippen LogP contribution in [0.15, 0.2) is 6.07 Å². The van der Waals surface area contributed by atoms with Crippen molar-refractivity contribution in [2.75, 3.05) is 19.6 Å². The molecule has 0 bridgehead atoms. The van der Waals surface area contributed by atoms with E-state index in [2.05, 4.69) is 5.10 Å². The Bertz CT molecular complexity index is 548. The number of nitrogens with zero attached hydrogens (tertiary/aromatic N) is 4. The third-order valence-corrected chi connectivity index (χ3v) is 3.83. The van der Waals surface area contributed by atoms with E-state index in [0.717, 1.165) is 25.2 Å². The predicted molar refractivity (Wildman–Crippen MR) is 69.8 cm³/mol. The molecule has 7 nitrogen and oxygen atoms in total. The first-order valence-corrected chi connectivity index (χ1v) is 6.84. The second-order valence-electron chi connectivity index (χ2n) is 5.40. The molecule has 1 aromatic rings. The molecule has 0 unspecified atom stereocenters. The lowest BCUT2D eigenvalue weighted by molar-refractivity contribution is -0.129. The Balaban J connectivity index is 1.78. The van der Waals surface area contributed by atoms with Crippen LogP contribution >= 0.6 is 0 Å². The molecule has 1 aromatic heterocycles. The van der Waals surface area contributed by atoms with E-state index in [9.17, 15) is 14.7 Å². The normalized spacial score (nSPS) is 19.3. The van der Waals surface area contributed by atoms with Crippen LogP contribution in [0, 0.1) is 0 Å². The molecule has 0 saturated carbocycles. The average Bonchev–Trinajstić information content (AvgIpc) is 2.66. The maximum Gasteiger partial charge on any atom is 0.274 e. The van der Waals surface area contributed by atoms with Crippen molar-refractivity contribution in [2.45, 2.75) is 32.5 Å². The fourth-order valence-electron chi connectivity index (χ4n) is 2.62. The Hall–Kier alpha value is -1.89. The van der Waals surface area contributed by atoms with Crippen LogP contribution in [0.2, 0.25) is 0 Å². The van der Waals surface area contributed by atoms with Crippen molar-refractivity contribution in [1.82, 2.24) is 19.6 Å². The average molecular weight is 278 g/mol. The number of fused-ring (bicyclic) bond motifs is 1. The van der Waals surface area contributed by atoms with Gasteiger partial charge in [-0.25, -0.2) is 0 Å². The summed E-state index contributed by atoms with van der Waals surface area (Å²) in [7, 11) is 0. The van der Waals surface area contributed by atoms with Crippen LogP contribution in [0.3, 0.4) is 0 Å². The molecule has 0 spiro atoms. The van der Waals surface area contributed by atoms with Gasteiger partial charge < -0.3 is 14.9 Å². The summed E-state index contributed by atoms with van der Waals surface area (Å²) in [4.78, 5) is 27.0. The smallest absolute Gasteiger partial charge is 0.274 e. The summed E-state index contributed by atoms with van der Waals surface area (Å²) in [5.41, 5.74) is 1.29. The van der Waals surface area contributed by atoms with E-state index in [1.54, 1.807) is 22.8 Å². The standard InChI is InChI=1S/C13H18N4O3/c1-9(18)15-3-2-4-17-10(6-15)5-12(14-17)13(20)16-7-11(19)8-16/h5,11,19H,2-4,6-8H2,1H3. The van der Waals surface area contributed by atoms with Gasteiger partial charge in [-0.05, 0) is 12.5 Å². The van der Waals surface area contributed by atoms with Crippen molar-refractivity contribution in [2.24, 2.45) is 0 Å². The van der Waals surface area contributed by atoms with Crippen molar-refractivity contribution in [3.8, 4) is 0 Å². The molecule has 20 heavy (non-hydrogen) atoms. The van der Waals surface area contributed by atoms with E-state index in [4.69, 9.17) is 0 Å². The van der Waals surface area contributed by atoms with Crippen LogP contribution < -0.4 is 0 Å². The lowest BCUT2D eigenvalue weighted by Crippen LogP contribution is -2.53. The third-order valence-electron chi connectivity index (χ3n) is 3.83. The van der Waals surface area contributed by atoms with Crippen molar-refractivity contribution in [3.63, 3.8) is 0 Å². The van der Waals surface area contributed by atoms with Gasteiger partial charge in [0.05, 0.1) is 18.3 Å². The van der Waals surface area contributed by atoms with E-state index in [1.807, 2.05) is 4.68 Å². The van der Waals surface area contributed by atoms with E-state index in [0.29, 0.717) is 25.3 Å². The van der Waals surface area contributed by atoms with Gasteiger partial charge in [-0.15, -0.1) is 0 Å². The third kappa shape index (κ3) is 2.29. The summed E-state index contributed by atoms with van der Waals surface area (Å²) in [6, 6.07) is 1.76. The molecule has 1 fully saturated rings. The van der Waals surface area contributed by atoms with Crippen LogP contribution in [0.5, 0.6) is 0 Å². The summed E-state index contributed by atoms with van der Waals surface area (Å²) in [6.07, 6.45) is 0.428. The summed E-state index contributed by atoms with van der Waals surface area (Å²) in [5.74, 6) is -0.108. The number of likely N-dealkylation sites (tertiary alicyclic amines) is 1. The number of aliphatic hydroxyl groups excluding tert-OH is 1. The number of carbonyl (C=O) groups excluding carboxylic acids is 2. The monoisotopic (exact) mass is 278 g/mol. The van der Waals surface area contributed by atoms with E-state index >= 15 is 0 Å². The van der Waals surface area contributed by atoms with Crippen molar-refractivity contribution < 1.29 is 14.7 Å². The lowest BCUT2D eigenvalue weighted by atomic mass is 10.1. The molecular weight excluding hydrogens is 260 g/mol. The molecule has 3 rings (SSSR count). The van der Waals surface area contributed by atoms with Crippen LogP contribution in [-0.4, -0.2) is 62.2 Å². The van der Waals surface area contributed by atoms with Crippen LogP contribution in [0.4, 0.5) is 0 Å². The number of aliphatic hydroxyl groups is 1. The highest BCUT2D eigenvalue weighted by atomic mass is 16.3. The van der Waals surface area contributed by atoms with Crippen molar-refractivity contribution in [3.05, 3.63) is 17.5 Å². The Morgan fingerprint density at radius 2 is 2.05 bits per heavy atom. The molecular formula is C13H18N4O3. The molecule has 0 radical (unpaired) electrons. The number of amides is 2. The van der Waals surface area contributed by atoms with Crippen LogP contribution in [0.25, 0.3) is 0 Å². The Labute approximate surface area is 116 Å². The molecule has 0 atom stereocenters. The number of hydrogen-bond acceptors (Lipinski definition) is 4. The van der Waals surface area contributed by atoms with Crippen molar-refractivity contribution >= 4 is 11.8 Å². The molecule has 108 valence electrons. The number of aromatic nitrogens is 2. The second-order valence-corrected chi connectivity index (χ2v) is 5.40. The SMILES string of the molecule is CC(=O)N1CCCn2nc(C(=O)N3CC(O)C3)cc2C1. The molecule has 2 aliphatic rings. The minimum atomic E-state index is -0.410. The Kier molecular flexibility index (Phi) is 3.21. The van der Waals surface area contributed by atoms with Crippen LogP contribution in [0.1, 0.15) is 29.5 Å². The summed E-state index contributed by atoms with van der Waals surface area (Å²) in [5, 5.41) is 13.6. The zero-order valence-corrected chi connectivity index (χ0v) is 11.4. The zero-order valence-electron chi connectivity index (χ0n) is 11.4. The largest absolute Gasteiger partial charge is 0.389 e. The molecule has 2 amide bonds. The first-order valence-electron chi connectivity index (χ1n) is 6.84. The van der Waals surface area contributed by atoms with E-state index in [1.165, 1.54) is 0 Å². The first kappa shape index (κ1) is 13.1. The van der Waals surface area contributed by atoms with Gasteiger partial charge in [-0.1, -0.05) is 0 Å². The van der Waals surface area contributed by atoms with Gasteiger partial charge in [-0.2, -0.15) is 5.10 Å². The van der Waals surface area contributed by atoms with Gasteiger partial charge in [0.2, 0.25) is 5.91 Å². The van der Waals surface area contributed by atoms with Gasteiger partial charge in [0.1, 0.15) is 0 Å². The minimum absolute atomic E-state index is 0.0402. The number of hydrogen-bond donors (Lipinski definition) is 1. The molecule has 3 heterocycles. The molecule has 7 heteroatoms. The zero-order chi connectivity index (χ0) is 14.3. The fraction of sp³-hybridized carbons (Fsp3) is 0.615.